The average molecular weight is 1230 g/mol. The highest BCUT2D eigenvalue weighted by atomic mass is 32.2. The maximum Gasteiger partial charge on any atom is 0.404 e. The third kappa shape index (κ3) is 13.5. The van der Waals surface area contributed by atoms with Gasteiger partial charge in [-0.05, 0) is 83.6 Å². The van der Waals surface area contributed by atoms with Gasteiger partial charge in [-0.2, -0.15) is 0 Å². The van der Waals surface area contributed by atoms with Crippen LogP contribution in [0.1, 0.15) is 70.3 Å². The third-order valence-electron chi connectivity index (χ3n) is 15.1. The number of nitrogens with one attached hydrogen (secondary N) is 1. The van der Waals surface area contributed by atoms with Gasteiger partial charge in [0.2, 0.25) is 0 Å². The largest absolute Gasteiger partial charge is 0.548 e. The number of aromatic nitrogens is 2. The number of pyridine rings is 2. The number of hydrogen-bond donors (Lipinski definition) is 4. The number of thioether (sulfide) groups is 2. The first-order chi connectivity index (χ1) is 42.5. The van der Waals surface area contributed by atoms with Gasteiger partial charge in [-0.1, -0.05) is 152 Å². The van der Waals surface area contributed by atoms with Crippen LogP contribution in [0.3, 0.4) is 0 Å². The average Bonchev–Trinajstić information content (AvgIpc) is 1.58. The molecule has 6 atom stereocenters. The number of nitrogens with zero attached hydrogens (tertiary/aromatic N) is 4. The first-order valence-corrected chi connectivity index (χ1v) is 29.0. The molecule has 0 saturated carbocycles. The Labute approximate surface area is 513 Å². The number of fused-ring (bicyclic) bond motifs is 2. The van der Waals surface area contributed by atoms with Gasteiger partial charge in [0.05, 0.1) is 56.1 Å². The summed E-state index contributed by atoms with van der Waals surface area (Å²) in [6, 6.07) is 55.3. The quantitative estimate of drug-likeness (QED) is 0.0243. The molecule has 4 aliphatic heterocycles. The second-order valence-electron chi connectivity index (χ2n) is 20.8. The first-order valence-electron chi connectivity index (χ1n) is 27.3. The lowest BCUT2D eigenvalue weighted by atomic mass is 9.77. The van der Waals surface area contributed by atoms with Crippen molar-refractivity contribution in [2.75, 3.05) is 13.2 Å². The molecule has 0 spiro atoms. The highest BCUT2D eigenvalue weighted by Crippen LogP contribution is 2.55. The standard InChI is InChI=1S/C48H42N4O5S.C16H18N4O5S.2O2/c1-47(32-56-46(49)55)42(45(54)57-41(34-17-7-2-8-18-34)35-19-9-3-10-20-35)52-43(53)40(44(52)58-47)30-39-29-33(27-28-50-39)31-51-48(36-21-11-4-12-22-36,37-23-13-5-14-24-37)38-25-15-6-16-26-38;1-16(7-25-15(18)24)11(14(22)23)20-12(21)10(13(20)26-16)5-9-4-8(6-17)2-3-19-9;2*1-2/h2-30,41-42,44,51H,31-32H2,1H3,(H2,49,55);2-5,11,13H,6-7,17H2,1H3,(H2,18,24)(H,22,23);;/b40-30-;10-5-;;/t42-,44?,47-;11-,13?,16-;;/m00../s1. The number of carbonyl (C=O) groups excluding carboxylic acids is 6. The fourth-order valence-corrected chi connectivity index (χ4v) is 14.3. The van der Waals surface area contributed by atoms with E-state index in [0.29, 0.717) is 35.6 Å². The normalized spacial score (nSPS) is 21.3. The molecule has 0 bridgehead atoms. The summed E-state index contributed by atoms with van der Waals surface area (Å²) in [6.45, 7) is 4.02. The lowest BCUT2D eigenvalue weighted by Crippen LogP contribution is -2.62. The molecule has 4 fully saturated rings. The molecule has 0 aliphatic carbocycles. The number of hydrogen-bond acceptors (Lipinski definition) is 19. The number of esters is 1. The fourth-order valence-electron chi connectivity index (χ4n) is 11.1. The van der Waals surface area contributed by atoms with Crippen molar-refractivity contribution in [1.29, 1.82) is 0 Å². The van der Waals surface area contributed by atoms with Gasteiger partial charge in [0.25, 0.3) is 11.8 Å². The van der Waals surface area contributed by atoms with Crippen molar-refractivity contribution < 1.29 is 53.8 Å². The van der Waals surface area contributed by atoms with Crippen molar-refractivity contribution in [2.24, 2.45) is 11.5 Å². The summed E-state index contributed by atoms with van der Waals surface area (Å²) < 4.78 is 14.2. The number of primary amides is 2. The van der Waals surface area contributed by atoms with E-state index >= 15 is 0 Å². The van der Waals surface area contributed by atoms with E-state index in [9.17, 15) is 33.9 Å². The Morgan fingerprint density at radius 3 is 1.39 bits per heavy atom. The van der Waals surface area contributed by atoms with Crippen molar-refractivity contribution >= 4 is 71.6 Å². The van der Waals surface area contributed by atoms with Gasteiger partial charge in [0, 0.05) is 44.4 Å². The molecule has 22 nitrogen and oxygen atoms in total. The van der Waals surface area contributed by atoms with Gasteiger partial charge in [-0.3, -0.25) is 24.9 Å². The number of nitrogens with two attached hydrogens (primary N) is 2. The zero-order chi connectivity index (χ0) is 63.2. The predicted molar refractivity (Wildman–Crippen MR) is 328 cm³/mol. The molecule has 8 N–H and O–H groups in total. The van der Waals surface area contributed by atoms with Crippen molar-refractivity contribution in [3.8, 4) is 0 Å². The minimum atomic E-state index is -1.40. The smallest absolute Gasteiger partial charge is 0.404 e. The van der Waals surface area contributed by atoms with Crippen LogP contribution >= 0.6 is 23.5 Å². The zero-order valence-corrected chi connectivity index (χ0v) is 49.1. The van der Waals surface area contributed by atoms with Crippen LogP contribution in [0.25, 0.3) is 12.2 Å². The van der Waals surface area contributed by atoms with Gasteiger partial charge in [0.1, 0.15) is 30.0 Å². The Bertz CT molecular complexity index is 3550. The van der Waals surface area contributed by atoms with Crippen molar-refractivity contribution in [3.05, 3.63) is 270 Å². The molecule has 2 aromatic heterocycles. The molecular formula is C64H60N8O14S2. The summed E-state index contributed by atoms with van der Waals surface area (Å²) in [4.78, 5) is 115. The molecule has 4 aliphatic rings. The number of carboxylic acid groups (broad SMARTS) is 1. The number of ether oxygens (including phenoxy) is 3. The van der Waals surface area contributed by atoms with Crippen LogP contribution in [0.5, 0.6) is 0 Å². The second kappa shape index (κ2) is 28.5. The Morgan fingerprint density at radius 1 is 0.614 bits per heavy atom. The van der Waals surface area contributed by atoms with Crippen LogP contribution in [0.2, 0.25) is 0 Å². The minimum absolute atomic E-state index is 0.201. The zero-order valence-electron chi connectivity index (χ0n) is 47.5. The van der Waals surface area contributed by atoms with Crippen LogP contribution in [-0.2, 0) is 52.0 Å². The molecule has 4 saturated heterocycles. The van der Waals surface area contributed by atoms with Gasteiger partial charge in [0.15, 0.2) is 6.10 Å². The first kappa shape index (κ1) is 64.1. The second-order valence-corrected chi connectivity index (χ2v) is 24.0. The molecule has 0 radical (unpaired) electrons. The number of carboxylic acids is 1. The predicted octanol–water partition coefficient (Wildman–Crippen LogP) is 6.25. The van der Waals surface area contributed by atoms with Gasteiger partial charge in [-0.15, -0.1) is 23.5 Å². The van der Waals surface area contributed by atoms with Gasteiger partial charge in [-0.25, -0.2) is 14.4 Å². The van der Waals surface area contributed by atoms with Crippen LogP contribution in [0.15, 0.2) is 199 Å². The number of aliphatic carboxylic acids is 1. The summed E-state index contributed by atoms with van der Waals surface area (Å²) in [5.74, 6) is -2.73. The van der Waals surface area contributed by atoms with E-state index in [4.69, 9.17) is 45.5 Å². The molecular weight excluding hydrogens is 1170 g/mol. The monoisotopic (exact) mass is 1230 g/mol. The van der Waals surface area contributed by atoms with Gasteiger partial charge < -0.3 is 51.1 Å². The lowest BCUT2D eigenvalue weighted by molar-refractivity contribution is -0.386. The van der Waals surface area contributed by atoms with Crippen LogP contribution in [0, 0.1) is 19.9 Å². The summed E-state index contributed by atoms with van der Waals surface area (Å²) in [6.07, 6.45) is 4.08. The van der Waals surface area contributed by atoms with Crippen molar-refractivity contribution in [2.45, 2.75) is 70.9 Å². The third-order valence-corrected chi connectivity index (χ3v) is 18.3. The topological polar surface area (TPSA) is 345 Å². The van der Waals surface area contributed by atoms with E-state index in [0.717, 1.165) is 38.9 Å². The van der Waals surface area contributed by atoms with E-state index in [1.165, 1.54) is 33.3 Å². The number of β-lactam (4-membered cyclic amide) rings is 2. The van der Waals surface area contributed by atoms with E-state index in [1.54, 1.807) is 38.4 Å². The molecule has 7 aromatic rings. The Morgan fingerprint density at radius 2 is 0.989 bits per heavy atom. The minimum Gasteiger partial charge on any atom is -0.548 e. The summed E-state index contributed by atoms with van der Waals surface area (Å²) in [5.41, 5.74) is 22.4. The maximum atomic E-state index is 14.3. The lowest BCUT2D eigenvalue weighted by Gasteiger charge is -2.41. The molecule has 5 aromatic carbocycles. The summed E-state index contributed by atoms with van der Waals surface area (Å²) in [5, 5.41) is 14.5. The molecule has 11 rings (SSSR count). The van der Waals surface area contributed by atoms with Crippen LogP contribution in [0.4, 0.5) is 9.59 Å². The van der Waals surface area contributed by atoms with Gasteiger partial charge >= 0.3 is 18.2 Å². The number of benzene rings is 5. The Kier molecular flexibility index (Phi) is 20.8. The maximum absolute atomic E-state index is 14.3. The number of rotatable bonds is 18. The molecule has 4 amide bonds. The summed E-state index contributed by atoms with van der Waals surface area (Å²) in [7, 11) is 0. The Balaban J connectivity index is 0.000000279. The number of quaternary nitrogens is 1. The van der Waals surface area contributed by atoms with E-state index in [1.807, 2.05) is 103 Å². The fraction of sp³-hybridized carbons (Fsp3) is 0.219. The van der Waals surface area contributed by atoms with E-state index in [2.05, 4.69) is 93.8 Å². The summed E-state index contributed by atoms with van der Waals surface area (Å²) >= 11 is 2.59. The molecule has 88 heavy (non-hydrogen) atoms. The highest BCUT2D eigenvalue weighted by molar-refractivity contribution is 8.02. The molecule has 452 valence electrons. The van der Waals surface area contributed by atoms with E-state index in [-0.39, 0.29) is 19.1 Å². The number of amides is 4. The van der Waals surface area contributed by atoms with Crippen LogP contribution in [-0.4, -0.2) is 101 Å². The molecule has 2 unspecified atom stereocenters. The molecule has 6 heterocycles. The number of carbonyl (C=O) groups is 6. The van der Waals surface area contributed by atoms with Crippen molar-refractivity contribution in [1.82, 2.24) is 25.1 Å². The highest BCUT2D eigenvalue weighted by Gasteiger charge is 2.65. The molecule has 24 heteroatoms. The van der Waals surface area contributed by atoms with Crippen LogP contribution < -0.4 is 27.6 Å². The van der Waals surface area contributed by atoms with Crippen molar-refractivity contribution in [3.63, 3.8) is 0 Å². The SMILES string of the molecule is C[C@@]1(COC(N)=O)SC2/C(=C\c3cc(CNC(c4ccccc4)(c4ccccc4)c4ccccc4)ccn3)C(=O)N2[C@H]1C(=O)OC(c1ccccc1)c1ccccc1.C[C@@]1(COC(N)=O)SC2/C(=C\c3cc(C[NH3+])ccn3)C(=O)N2[C@H]1C(=O)[O-].O=O.O=O. The van der Waals surface area contributed by atoms with E-state index < -0.39 is 74.0 Å². The Hall–Kier alpha value is -9.88.